The highest BCUT2D eigenvalue weighted by Gasteiger charge is 2.37. The van der Waals surface area contributed by atoms with Crippen LogP contribution in [0, 0.1) is 5.41 Å². The zero-order chi connectivity index (χ0) is 18.4. The molecule has 2 rings (SSSR count). The van der Waals surface area contributed by atoms with Crippen molar-refractivity contribution < 1.29 is 19.0 Å². The monoisotopic (exact) mass is 343 g/mol. The molecule has 25 heavy (non-hydrogen) atoms. The van der Waals surface area contributed by atoms with Crippen LogP contribution in [0.1, 0.15) is 31.0 Å². The lowest BCUT2D eigenvalue weighted by Crippen LogP contribution is -2.37. The van der Waals surface area contributed by atoms with Crippen LogP contribution in [-0.2, 0) is 16.1 Å². The smallest absolute Gasteiger partial charge is 0.313 e. The molecular weight excluding hydrogens is 318 g/mol. The zero-order valence-corrected chi connectivity index (χ0v) is 15.1. The first-order valence-corrected chi connectivity index (χ1v) is 8.08. The third kappa shape index (κ3) is 4.31. The minimum Gasteiger partial charge on any atom is -0.493 e. The maximum Gasteiger partial charge on any atom is 0.313 e. The summed E-state index contributed by atoms with van der Waals surface area (Å²) in [5.74, 6) is 0.838. The van der Waals surface area contributed by atoms with Crippen molar-refractivity contribution in [1.82, 2.24) is 0 Å². The van der Waals surface area contributed by atoms with Crippen LogP contribution in [0.4, 0.5) is 0 Å². The van der Waals surface area contributed by atoms with Crippen molar-refractivity contribution in [3.8, 4) is 11.5 Å². The van der Waals surface area contributed by atoms with E-state index in [0.717, 1.165) is 11.1 Å². The Labute approximate surface area is 148 Å². The number of ether oxygens (including phenoxy) is 3. The van der Waals surface area contributed by atoms with E-state index >= 15 is 0 Å². The molecule has 0 heterocycles. The topological polar surface area (TPSA) is 70.8 Å². The summed E-state index contributed by atoms with van der Waals surface area (Å²) in [6, 6.07) is 14.8. The Morgan fingerprint density at radius 3 is 2.36 bits per heavy atom. The Bertz CT molecular complexity index is 713. The van der Waals surface area contributed by atoms with Gasteiger partial charge in [0.1, 0.15) is 6.61 Å². The fraction of sp³-hybridized carbons (Fsp3) is 0.350. The molecule has 0 saturated carbocycles. The lowest BCUT2D eigenvalue weighted by atomic mass is 9.81. The Morgan fingerprint density at radius 1 is 1.08 bits per heavy atom. The van der Waals surface area contributed by atoms with Crippen LogP contribution in [-0.4, -0.2) is 20.2 Å². The second-order valence-corrected chi connectivity index (χ2v) is 6.38. The molecule has 0 aromatic heterocycles. The van der Waals surface area contributed by atoms with E-state index in [1.165, 1.54) is 7.11 Å². The summed E-state index contributed by atoms with van der Waals surface area (Å²) < 4.78 is 16.1. The number of hydrogen-bond acceptors (Lipinski definition) is 5. The second kappa shape index (κ2) is 8.03. The molecule has 5 heteroatoms. The predicted molar refractivity (Wildman–Crippen MR) is 96.5 cm³/mol. The van der Waals surface area contributed by atoms with Crippen LogP contribution < -0.4 is 15.2 Å². The summed E-state index contributed by atoms with van der Waals surface area (Å²) in [7, 11) is 2.95. The third-order valence-corrected chi connectivity index (χ3v) is 4.27. The van der Waals surface area contributed by atoms with Gasteiger partial charge >= 0.3 is 5.97 Å². The molecule has 134 valence electrons. The van der Waals surface area contributed by atoms with E-state index in [-0.39, 0.29) is 5.97 Å². The molecule has 5 nitrogen and oxygen atoms in total. The lowest BCUT2D eigenvalue weighted by molar-refractivity contribution is -0.152. The number of nitrogens with two attached hydrogens (primary N) is 1. The van der Waals surface area contributed by atoms with E-state index in [2.05, 4.69) is 0 Å². The molecule has 0 bridgehead atoms. The fourth-order valence-electron chi connectivity index (χ4n) is 2.54. The van der Waals surface area contributed by atoms with Crippen molar-refractivity contribution in [2.75, 3.05) is 14.2 Å². The minimum atomic E-state index is -0.861. The zero-order valence-electron chi connectivity index (χ0n) is 15.1. The Kier molecular flexibility index (Phi) is 6.04. The van der Waals surface area contributed by atoms with Gasteiger partial charge in [0, 0.05) is 6.04 Å². The molecule has 2 N–H and O–H groups in total. The molecular formula is C20H25NO4. The van der Waals surface area contributed by atoms with Crippen LogP contribution in [0.3, 0.4) is 0 Å². The molecule has 0 spiro atoms. The van der Waals surface area contributed by atoms with Crippen molar-refractivity contribution in [2.24, 2.45) is 11.1 Å². The van der Waals surface area contributed by atoms with Crippen LogP contribution in [0.2, 0.25) is 0 Å². The molecule has 0 aliphatic carbocycles. The van der Waals surface area contributed by atoms with Crippen molar-refractivity contribution in [1.29, 1.82) is 0 Å². The first-order chi connectivity index (χ1) is 11.9. The molecule has 0 radical (unpaired) electrons. The van der Waals surface area contributed by atoms with Gasteiger partial charge in [-0.2, -0.15) is 0 Å². The summed E-state index contributed by atoms with van der Waals surface area (Å²) >= 11 is 0. The summed E-state index contributed by atoms with van der Waals surface area (Å²) in [5.41, 5.74) is 7.29. The summed E-state index contributed by atoms with van der Waals surface area (Å²) in [4.78, 5) is 12.0. The molecule has 0 amide bonds. The maximum atomic E-state index is 12.0. The van der Waals surface area contributed by atoms with Crippen molar-refractivity contribution in [3.05, 3.63) is 59.7 Å². The predicted octanol–water partition coefficient (Wildman–Crippen LogP) is 3.47. The largest absolute Gasteiger partial charge is 0.493 e. The SMILES string of the molecule is COC(=O)C(C)(C)[C@@H](N)c1ccc(OC)c(OCc2ccccc2)c1. The molecule has 0 unspecified atom stereocenters. The first-order valence-electron chi connectivity index (χ1n) is 8.08. The highest BCUT2D eigenvalue weighted by molar-refractivity contribution is 5.77. The van der Waals surface area contributed by atoms with Crippen LogP contribution in [0.15, 0.2) is 48.5 Å². The van der Waals surface area contributed by atoms with Gasteiger partial charge in [-0.3, -0.25) is 4.79 Å². The standard InChI is InChI=1S/C20H25NO4/c1-20(2,19(22)24-4)18(21)15-10-11-16(23-3)17(12-15)25-13-14-8-6-5-7-9-14/h5-12,18H,13,21H2,1-4H3/t18-/m0/s1. The lowest BCUT2D eigenvalue weighted by Gasteiger charge is -2.29. The number of methoxy groups -OCH3 is 2. The van der Waals surface area contributed by atoms with Gasteiger partial charge < -0.3 is 19.9 Å². The Hall–Kier alpha value is -2.53. The van der Waals surface area contributed by atoms with Crippen LogP contribution in [0.25, 0.3) is 0 Å². The van der Waals surface area contributed by atoms with Gasteiger partial charge in [0.15, 0.2) is 11.5 Å². The van der Waals surface area contributed by atoms with E-state index in [0.29, 0.717) is 18.1 Å². The minimum absolute atomic E-state index is 0.359. The van der Waals surface area contributed by atoms with Crippen LogP contribution >= 0.6 is 0 Å². The van der Waals surface area contributed by atoms with Crippen molar-refractivity contribution in [2.45, 2.75) is 26.5 Å². The fourth-order valence-corrected chi connectivity index (χ4v) is 2.54. The number of rotatable bonds is 7. The average Bonchev–Trinajstić information content (AvgIpc) is 2.65. The molecule has 2 aromatic carbocycles. The molecule has 0 aliphatic heterocycles. The van der Waals surface area contributed by atoms with E-state index in [1.54, 1.807) is 27.0 Å². The number of carbonyl (C=O) groups excluding carboxylic acids is 1. The number of carbonyl (C=O) groups is 1. The van der Waals surface area contributed by atoms with E-state index in [9.17, 15) is 4.79 Å². The van der Waals surface area contributed by atoms with E-state index in [1.807, 2.05) is 42.5 Å². The van der Waals surface area contributed by atoms with Gasteiger partial charge in [-0.1, -0.05) is 36.4 Å². The summed E-state index contributed by atoms with van der Waals surface area (Å²) in [6.45, 7) is 3.94. The Morgan fingerprint density at radius 2 is 1.76 bits per heavy atom. The quantitative estimate of drug-likeness (QED) is 0.780. The molecule has 0 aliphatic rings. The third-order valence-electron chi connectivity index (χ3n) is 4.27. The normalized spacial score (nSPS) is 12.4. The van der Waals surface area contributed by atoms with Gasteiger partial charge in [-0.05, 0) is 37.1 Å². The van der Waals surface area contributed by atoms with E-state index in [4.69, 9.17) is 19.9 Å². The van der Waals surface area contributed by atoms with Crippen LogP contribution in [0.5, 0.6) is 11.5 Å². The van der Waals surface area contributed by atoms with Gasteiger partial charge in [-0.15, -0.1) is 0 Å². The summed E-state index contributed by atoms with van der Waals surface area (Å²) in [5, 5.41) is 0. The van der Waals surface area contributed by atoms with Gasteiger partial charge in [0.05, 0.1) is 19.6 Å². The number of esters is 1. The molecule has 2 aromatic rings. The highest BCUT2D eigenvalue weighted by Crippen LogP contribution is 2.37. The van der Waals surface area contributed by atoms with Crippen molar-refractivity contribution >= 4 is 5.97 Å². The Balaban J connectivity index is 2.25. The van der Waals surface area contributed by atoms with Gasteiger partial charge in [0.25, 0.3) is 0 Å². The van der Waals surface area contributed by atoms with E-state index < -0.39 is 11.5 Å². The maximum absolute atomic E-state index is 12.0. The molecule has 0 saturated heterocycles. The number of hydrogen-bond donors (Lipinski definition) is 1. The number of benzene rings is 2. The van der Waals surface area contributed by atoms with Crippen molar-refractivity contribution in [3.63, 3.8) is 0 Å². The van der Waals surface area contributed by atoms with Gasteiger partial charge in [-0.25, -0.2) is 0 Å². The molecule has 1 atom stereocenters. The summed E-state index contributed by atoms with van der Waals surface area (Å²) in [6.07, 6.45) is 0. The second-order valence-electron chi connectivity index (χ2n) is 6.38. The first kappa shape index (κ1) is 18.8. The average molecular weight is 343 g/mol. The molecule has 0 fully saturated rings. The van der Waals surface area contributed by atoms with Gasteiger partial charge in [0.2, 0.25) is 0 Å². The highest BCUT2D eigenvalue weighted by atomic mass is 16.5.